The highest BCUT2D eigenvalue weighted by molar-refractivity contribution is 9.10. The van der Waals surface area contributed by atoms with Crippen molar-refractivity contribution in [3.63, 3.8) is 0 Å². The van der Waals surface area contributed by atoms with Crippen molar-refractivity contribution in [3.8, 4) is 0 Å². The number of benzene rings is 2. The summed E-state index contributed by atoms with van der Waals surface area (Å²) in [7, 11) is 0. The molecular formula is C16H17BrN2O. The molecule has 0 bridgehead atoms. The lowest BCUT2D eigenvalue weighted by Crippen LogP contribution is -2.35. The van der Waals surface area contributed by atoms with E-state index in [2.05, 4.69) is 21.2 Å². The van der Waals surface area contributed by atoms with Gasteiger partial charge in [0.25, 0.3) is 0 Å². The maximum absolute atomic E-state index is 12.3. The van der Waals surface area contributed by atoms with Crippen LogP contribution < -0.4 is 10.2 Å². The molecule has 2 aromatic carbocycles. The van der Waals surface area contributed by atoms with Gasteiger partial charge in [-0.05, 0) is 37.3 Å². The highest BCUT2D eigenvalue weighted by atomic mass is 79.9. The summed E-state index contributed by atoms with van der Waals surface area (Å²) in [5, 5.41) is 3.15. The summed E-state index contributed by atoms with van der Waals surface area (Å²) in [4.78, 5) is 14.1. The van der Waals surface area contributed by atoms with Gasteiger partial charge in [0, 0.05) is 22.4 Å². The average Bonchev–Trinajstić information content (AvgIpc) is 2.47. The second-order valence-electron chi connectivity index (χ2n) is 4.34. The fourth-order valence-electron chi connectivity index (χ4n) is 1.98. The van der Waals surface area contributed by atoms with Gasteiger partial charge in [-0.2, -0.15) is 0 Å². The number of hydrogen-bond donors (Lipinski definition) is 1. The smallest absolute Gasteiger partial charge is 0.246 e. The molecule has 0 aromatic heterocycles. The fourth-order valence-corrected chi connectivity index (χ4v) is 2.38. The molecule has 3 nitrogen and oxygen atoms in total. The van der Waals surface area contributed by atoms with Crippen molar-refractivity contribution in [2.75, 3.05) is 23.3 Å². The lowest BCUT2D eigenvalue weighted by Gasteiger charge is -2.21. The summed E-state index contributed by atoms with van der Waals surface area (Å²) in [6, 6.07) is 17.5. The fraction of sp³-hybridized carbons (Fsp3) is 0.188. The average molecular weight is 333 g/mol. The molecule has 0 fully saturated rings. The predicted molar refractivity (Wildman–Crippen MR) is 87.1 cm³/mol. The minimum Gasteiger partial charge on any atom is -0.376 e. The molecule has 1 amide bonds. The lowest BCUT2D eigenvalue weighted by atomic mass is 10.2. The topological polar surface area (TPSA) is 32.3 Å². The molecule has 0 saturated carbocycles. The number of carbonyl (C=O) groups excluding carboxylic acids is 1. The maximum Gasteiger partial charge on any atom is 0.246 e. The van der Waals surface area contributed by atoms with E-state index in [1.54, 1.807) is 4.90 Å². The highest BCUT2D eigenvalue weighted by Crippen LogP contribution is 2.16. The summed E-state index contributed by atoms with van der Waals surface area (Å²) in [5.41, 5.74) is 1.85. The molecule has 0 spiro atoms. The molecule has 0 radical (unpaired) electrons. The Balaban J connectivity index is 2.00. The van der Waals surface area contributed by atoms with E-state index in [9.17, 15) is 4.79 Å². The molecule has 2 rings (SSSR count). The van der Waals surface area contributed by atoms with Gasteiger partial charge in [-0.15, -0.1) is 0 Å². The van der Waals surface area contributed by atoms with E-state index >= 15 is 0 Å². The zero-order chi connectivity index (χ0) is 14.4. The molecule has 4 heteroatoms. The summed E-state index contributed by atoms with van der Waals surface area (Å²) in [6.07, 6.45) is 0. The molecule has 0 aliphatic rings. The minimum atomic E-state index is 0.0543. The standard InChI is InChI=1S/C16H17BrN2O/c1-2-19(15-9-4-3-5-10-15)16(20)12-18-14-8-6-7-13(17)11-14/h3-11,18H,2,12H2,1H3. The SMILES string of the molecule is CCN(C(=O)CNc1cccc(Br)c1)c1ccccc1. The van der Waals surface area contributed by atoms with Crippen molar-refractivity contribution in [1.82, 2.24) is 0 Å². The zero-order valence-electron chi connectivity index (χ0n) is 11.3. The molecule has 104 valence electrons. The van der Waals surface area contributed by atoms with Gasteiger partial charge in [-0.25, -0.2) is 0 Å². The number of para-hydroxylation sites is 1. The number of likely N-dealkylation sites (N-methyl/N-ethyl adjacent to an activating group) is 1. The van der Waals surface area contributed by atoms with Crippen LogP contribution in [0, 0.1) is 0 Å². The van der Waals surface area contributed by atoms with E-state index in [-0.39, 0.29) is 12.5 Å². The third kappa shape index (κ3) is 3.84. The summed E-state index contributed by atoms with van der Waals surface area (Å²) in [5.74, 6) is 0.0543. The Morgan fingerprint density at radius 1 is 1.15 bits per heavy atom. The van der Waals surface area contributed by atoms with Gasteiger partial charge in [0.2, 0.25) is 5.91 Å². The van der Waals surface area contributed by atoms with Crippen LogP contribution in [0.3, 0.4) is 0 Å². The number of halogens is 1. The second-order valence-corrected chi connectivity index (χ2v) is 5.25. The lowest BCUT2D eigenvalue weighted by molar-refractivity contribution is -0.116. The maximum atomic E-state index is 12.3. The van der Waals surface area contributed by atoms with Gasteiger partial charge in [-0.3, -0.25) is 4.79 Å². The van der Waals surface area contributed by atoms with Crippen LogP contribution in [-0.4, -0.2) is 19.0 Å². The molecule has 0 heterocycles. The van der Waals surface area contributed by atoms with Crippen molar-refractivity contribution in [3.05, 3.63) is 59.1 Å². The number of carbonyl (C=O) groups is 1. The van der Waals surface area contributed by atoms with Crippen LogP contribution in [-0.2, 0) is 4.79 Å². The Hall–Kier alpha value is -1.81. The molecule has 0 atom stereocenters. The van der Waals surface area contributed by atoms with Crippen LogP contribution >= 0.6 is 15.9 Å². The van der Waals surface area contributed by atoms with E-state index in [0.717, 1.165) is 15.8 Å². The quantitative estimate of drug-likeness (QED) is 0.900. The third-order valence-electron chi connectivity index (χ3n) is 2.95. The van der Waals surface area contributed by atoms with Crippen LogP contribution in [0.25, 0.3) is 0 Å². The van der Waals surface area contributed by atoms with Crippen LogP contribution in [0.2, 0.25) is 0 Å². The van der Waals surface area contributed by atoms with Crippen molar-refractivity contribution < 1.29 is 4.79 Å². The van der Waals surface area contributed by atoms with Crippen molar-refractivity contribution in [2.45, 2.75) is 6.92 Å². The first-order valence-corrected chi connectivity index (χ1v) is 7.35. The van der Waals surface area contributed by atoms with Gasteiger partial charge < -0.3 is 10.2 Å². The number of nitrogens with one attached hydrogen (secondary N) is 1. The van der Waals surface area contributed by atoms with E-state index < -0.39 is 0 Å². The molecule has 0 aliphatic heterocycles. The van der Waals surface area contributed by atoms with Gasteiger partial charge in [0.1, 0.15) is 0 Å². The van der Waals surface area contributed by atoms with Gasteiger partial charge in [-0.1, -0.05) is 40.2 Å². The zero-order valence-corrected chi connectivity index (χ0v) is 12.9. The summed E-state index contributed by atoms with van der Waals surface area (Å²) in [6.45, 7) is 2.91. The molecule has 0 saturated heterocycles. The molecule has 2 aromatic rings. The highest BCUT2D eigenvalue weighted by Gasteiger charge is 2.12. The predicted octanol–water partition coefficient (Wildman–Crippen LogP) is 3.91. The number of hydrogen-bond acceptors (Lipinski definition) is 2. The summed E-state index contributed by atoms with van der Waals surface area (Å²) < 4.78 is 0.991. The minimum absolute atomic E-state index is 0.0543. The van der Waals surface area contributed by atoms with E-state index in [4.69, 9.17) is 0 Å². The van der Waals surface area contributed by atoms with E-state index in [0.29, 0.717) is 6.54 Å². The molecule has 0 aliphatic carbocycles. The number of anilines is 2. The number of rotatable bonds is 5. The Morgan fingerprint density at radius 3 is 2.55 bits per heavy atom. The third-order valence-corrected chi connectivity index (χ3v) is 3.45. The first-order valence-electron chi connectivity index (χ1n) is 6.55. The Morgan fingerprint density at radius 2 is 1.90 bits per heavy atom. The van der Waals surface area contributed by atoms with Crippen molar-refractivity contribution >= 4 is 33.2 Å². The number of nitrogens with zero attached hydrogens (tertiary/aromatic N) is 1. The molecule has 0 unspecified atom stereocenters. The van der Waals surface area contributed by atoms with Crippen molar-refractivity contribution in [1.29, 1.82) is 0 Å². The summed E-state index contributed by atoms with van der Waals surface area (Å²) >= 11 is 3.41. The Labute approximate surface area is 127 Å². The first-order chi connectivity index (χ1) is 9.70. The van der Waals surface area contributed by atoms with Gasteiger partial charge >= 0.3 is 0 Å². The normalized spacial score (nSPS) is 10.1. The van der Waals surface area contributed by atoms with Gasteiger partial charge in [0.05, 0.1) is 6.54 Å². The van der Waals surface area contributed by atoms with Crippen LogP contribution in [0.1, 0.15) is 6.92 Å². The molecule has 1 N–H and O–H groups in total. The van der Waals surface area contributed by atoms with E-state index in [1.165, 1.54) is 0 Å². The van der Waals surface area contributed by atoms with Crippen LogP contribution in [0.15, 0.2) is 59.1 Å². The van der Waals surface area contributed by atoms with Gasteiger partial charge in [0.15, 0.2) is 0 Å². The van der Waals surface area contributed by atoms with Crippen LogP contribution in [0.4, 0.5) is 11.4 Å². The first kappa shape index (κ1) is 14.6. The monoisotopic (exact) mass is 332 g/mol. The number of amides is 1. The molecular weight excluding hydrogens is 316 g/mol. The van der Waals surface area contributed by atoms with Crippen molar-refractivity contribution in [2.24, 2.45) is 0 Å². The second kappa shape index (κ2) is 7.10. The molecule has 20 heavy (non-hydrogen) atoms. The largest absolute Gasteiger partial charge is 0.376 e. The van der Waals surface area contributed by atoms with Crippen LogP contribution in [0.5, 0.6) is 0 Å². The Kier molecular flexibility index (Phi) is 5.18. The Bertz CT molecular complexity index is 572. The van der Waals surface area contributed by atoms with E-state index in [1.807, 2.05) is 61.5 Å².